The number of aliphatic carboxylic acids is 1. The molecule has 29 heavy (non-hydrogen) atoms. The van der Waals surface area contributed by atoms with Crippen molar-refractivity contribution >= 4 is 24.5 Å². The molecule has 0 bridgehead atoms. The van der Waals surface area contributed by atoms with Gasteiger partial charge < -0.3 is 20.9 Å². The summed E-state index contributed by atoms with van der Waals surface area (Å²) >= 11 is 0. The molecule has 1 aliphatic rings. The van der Waals surface area contributed by atoms with Gasteiger partial charge in [-0.05, 0) is 55.0 Å². The zero-order valence-corrected chi connectivity index (χ0v) is 17.2. The molecule has 0 aromatic heterocycles. The molecule has 0 spiro atoms. The molecular formula is C22H27ClN2O4. The number of unbranched alkanes of at least 4 members (excludes halogenated alkanes) is 1. The molecular weight excluding hydrogens is 392 g/mol. The van der Waals surface area contributed by atoms with E-state index in [0.29, 0.717) is 25.8 Å². The third-order valence-electron chi connectivity index (χ3n) is 5.32. The fourth-order valence-corrected chi connectivity index (χ4v) is 3.71. The predicted octanol–water partition coefficient (Wildman–Crippen LogP) is 3.92. The Morgan fingerprint density at radius 2 is 1.62 bits per heavy atom. The van der Waals surface area contributed by atoms with Gasteiger partial charge in [-0.3, -0.25) is 0 Å². The Balaban J connectivity index is 0.00000300. The molecule has 0 aliphatic heterocycles. The van der Waals surface area contributed by atoms with Crippen molar-refractivity contribution in [3.05, 3.63) is 59.7 Å². The number of benzene rings is 2. The molecule has 7 heteroatoms. The van der Waals surface area contributed by atoms with Crippen LogP contribution in [0.3, 0.4) is 0 Å². The van der Waals surface area contributed by atoms with Gasteiger partial charge in [0.05, 0.1) is 0 Å². The van der Waals surface area contributed by atoms with Crippen molar-refractivity contribution in [2.75, 3.05) is 13.2 Å². The van der Waals surface area contributed by atoms with E-state index in [-0.39, 0.29) is 24.9 Å². The van der Waals surface area contributed by atoms with Crippen LogP contribution < -0.4 is 11.1 Å². The number of carboxylic acids is 1. The molecule has 6 nitrogen and oxygen atoms in total. The summed E-state index contributed by atoms with van der Waals surface area (Å²) in [4.78, 5) is 24.0. The average Bonchev–Trinajstić information content (AvgIpc) is 3.00. The minimum atomic E-state index is -1.38. The number of ether oxygens (including phenoxy) is 1. The van der Waals surface area contributed by atoms with Gasteiger partial charge in [0.2, 0.25) is 0 Å². The number of carboxylic acid groups (broad SMARTS) is 1. The van der Waals surface area contributed by atoms with Gasteiger partial charge in [-0.1, -0.05) is 48.5 Å². The van der Waals surface area contributed by atoms with Gasteiger partial charge in [-0.25, -0.2) is 9.59 Å². The summed E-state index contributed by atoms with van der Waals surface area (Å²) in [7, 11) is 0. The molecule has 0 heterocycles. The van der Waals surface area contributed by atoms with E-state index in [1.54, 1.807) is 0 Å². The lowest BCUT2D eigenvalue weighted by atomic mass is 9.95. The summed E-state index contributed by atoms with van der Waals surface area (Å²) in [5.74, 6) is -1.15. The van der Waals surface area contributed by atoms with Gasteiger partial charge in [0, 0.05) is 5.92 Å². The van der Waals surface area contributed by atoms with E-state index in [0.717, 1.165) is 22.3 Å². The Hall–Kier alpha value is -2.57. The SMILES string of the molecule is C[C@@](CCCCN)(NC(=O)OCC1c2ccccc2-c2ccccc21)C(=O)O.Cl. The highest BCUT2D eigenvalue weighted by Crippen LogP contribution is 2.44. The normalized spacial score (nSPS) is 14.1. The Morgan fingerprint density at radius 3 is 2.14 bits per heavy atom. The van der Waals surface area contributed by atoms with Gasteiger partial charge in [0.15, 0.2) is 0 Å². The molecule has 0 unspecified atom stereocenters. The van der Waals surface area contributed by atoms with Crippen LogP contribution in [0.5, 0.6) is 0 Å². The predicted molar refractivity (Wildman–Crippen MR) is 114 cm³/mol. The third kappa shape index (κ3) is 4.89. The number of nitrogens with two attached hydrogens (primary N) is 1. The van der Waals surface area contributed by atoms with E-state index in [9.17, 15) is 14.7 Å². The minimum Gasteiger partial charge on any atom is -0.480 e. The third-order valence-corrected chi connectivity index (χ3v) is 5.32. The van der Waals surface area contributed by atoms with Crippen molar-refractivity contribution in [2.45, 2.75) is 37.6 Å². The van der Waals surface area contributed by atoms with Crippen LogP contribution in [0.4, 0.5) is 4.79 Å². The zero-order chi connectivity index (χ0) is 20.1. The van der Waals surface area contributed by atoms with Crippen LogP contribution >= 0.6 is 12.4 Å². The van der Waals surface area contributed by atoms with E-state index in [1.165, 1.54) is 6.92 Å². The van der Waals surface area contributed by atoms with E-state index >= 15 is 0 Å². The van der Waals surface area contributed by atoms with Gasteiger partial charge >= 0.3 is 12.1 Å². The topological polar surface area (TPSA) is 102 Å². The van der Waals surface area contributed by atoms with Crippen molar-refractivity contribution in [1.29, 1.82) is 0 Å². The highest BCUT2D eigenvalue weighted by molar-refractivity contribution is 5.85. The van der Waals surface area contributed by atoms with Crippen LogP contribution in [0.1, 0.15) is 43.2 Å². The fourth-order valence-electron chi connectivity index (χ4n) is 3.71. The van der Waals surface area contributed by atoms with E-state index in [1.807, 2.05) is 36.4 Å². The van der Waals surface area contributed by atoms with Gasteiger partial charge in [0.25, 0.3) is 0 Å². The Morgan fingerprint density at radius 1 is 1.07 bits per heavy atom. The van der Waals surface area contributed by atoms with Gasteiger partial charge in [0.1, 0.15) is 12.1 Å². The van der Waals surface area contributed by atoms with E-state index in [2.05, 4.69) is 17.4 Å². The number of carbonyl (C=O) groups excluding carboxylic acids is 1. The lowest BCUT2D eigenvalue weighted by Crippen LogP contribution is -2.52. The molecule has 0 saturated heterocycles. The largest absolute Gasteiger partial charge is 0.480 e. The lowest BCUT2D eigenvalue weighted by Gasteiger charge is -2.26. The smallest absolute Gasteiger partial charge is 0.408 e. The molecule has 4 N–H and O–H groups in total. The summed E-state index contributed by atoms with van der Waals surface area (Å²) in [6.45, 7) is 2.13. The number of alkyl carbamates (subject to hydrolysis) is 1. The average molecular weight is 419 g/mol. The molecule has 1 amide bonds. The molecule has 1 atom stereocenters. The summed E-state index contributed by atoms with van der Waals surface area (Å²) < 4.78 is 5.45. The number of nitrogens with one attached hydrogen (secondary N) is 1. The Kier molecular flexibility index (Phi) is 7.65. The first-order valence-electron chi connectivity index (χ1n) is 9.53. The summed E-state index contributed by atoms with van der Waals surface area (Å²) in [5.41, 5.74) is 8.60. The second-order valence-electron chi connectivity index (χ2n) is 7.33. The number of amides is 1. The van der Waals surface area contributed by atoms with Crippen LogP contribution in [0.2, 0.25) is 0 Å². The molecule has 2 aromatic rings. The van der Waals surface area contributed by atoms with Crippen LogP contribution in [0.25, 0.3) is 11.1 Å². The van der Waals surface area contributed by atoms with Crippen molar-refractivity contribution in [1.82, 2.24) is 5.32 Å². The number of carbonyl (C=O) groups is 2. The minimum absolute atomic E-state index is 0. The van der Waals surface area contributed by atoms with Crippen LogP contribution in [-0.4, -0.2) is 35.9 Å². The Bertz CT molecular complexity index is 828. The molecule has 2 aromatic carbocycles. The summed E-state index contributed by atoms with van der Waals surface area (Å²) in [6, 6.07) is 16.1. The maximum atomic E-state index is 12.4. The molecule has 3 rings (SSSR count). The molecule has 0 fully saturated rings. The van der Waals surface area contributed by atoms with Crippen LogP contribution in [0, 0.1) is 0 Å². The van der Waals surface area contributed by atoms with Crippen molar-refractivity contribution in [3.63, 3.8) is 0 Å². The summed E-state index contributed by atoms with van der Waals surface area (Å²) in [6.07, 6.45) is 0.890. The maximum absolute atomic E-state index is 12.4. The molecule has 156 valence electrons. The van der Waals surface area contributed by atoms with Crippen LogP contribution in [0.15, 0.2) is 48.5 Å². The quantitative estimate of drug-likeness (QED) is 0.564. The van der Waals surface area contributed by atoms with E-state index in [4.69, 9.17) is 10.5 Å². The highest BCUT2D eigenvalue weighted by Gasteiger charge is 2.35. The van der Waals surface area contributed by atoms with Gasteiger partial charge in [-0.2, -0.15) is 0 Å². The highest BCUT2D eigenvalue weighted by atomic mass is 35.5. The number of fused-ring (bicyclic) bond motifs is 3. The number of rotatable bonds is 8. The van der Waals surface area contributed by atoms with Crippen LogP contribution in [-0.2, 0) is 9.53 Å². The lowest BCUT2D eigenvalue weighted by molar-refractivity contribution is -0.144. The number of halogens is 1. The first-order chi connectivity index (χ1) is 13.5. The summed E-state index contributed by atoms with van der Waals surface area (Å²) in [5, 5.41) is 12.0. The second kappa shape index (κ2) is 9.76. The second-order valence-corrected chi connectivity index (χ2v) is 7.33. The monoisotopic (exact) mass is 418 g/mol. The Labute approximate surface area is 176 Å². The molecule has 0 saturated carbocycles. The van der Waals surface area contributed by atoms with Crippen molar-refractivity contribution < 1.29 is 19.4 Å². The number of hydrogen-bond acceptors (Lipinski definition) is 4. The standard InChI is InChI=1S/C22H26N2O4.ClH/c1-22(20(25)26,12-6-7-13-23)24-21(27)28-14-19-17-10-4-2-8-15(17)16-9-3-5-11-18(16)19;/h2-5,8-11,19H,6-7,12-14,23H2,1H3,(H,24,27)(H,25,26);1H/t22-;/m0./s1. The zero-order valence-electron chi connectivity index (χ0n) is 16.4. The fraction of sp³-hybridized carbons (Fsp3) is 0.364. The first kappa shape index (κ1) is 22.7. The van der Waals surface area contributed by atoms with Crippen molar-refractivity contribution in [2.24, 2.45) is 5.73 Å². The maximum Gasteiger partial charge on any atom is 0.408 e. The number of hydrogen-bond donors (Lipinski definition) is 3. The van der Waals surface area contributed by atoms with Gasteiger partial charge in [-0.15, -0.1) is 12.4 Å². The van der Waals surface area contributed by atoms with Crippen molar-refractivity contribution in [3.8, 4) is 11.1 Å². The molecule has 1 aliphatic carbocycles. The molecule has 0 radical (unpaired) electrons. The first-order valence-corrected chi connectivity index (χ1v) is 9.53. The van der Waals surface area contributed by atoms with E-state index < -0.39 is 17.6 Å².